The lowest BCUT2D eigenvalue weighted by molar-refractivity contribution is 0.0950. The molecule has 0 saturated heterocycles. The van der Waals surface area contributed by atoms with Crippen molar-refractivity contribution in [3.63, 3.8) is 0 Å². The van der Waals surface area contributed by atoms with Crippen LogP contribution in [0.25, 0.3) is 0 Å². The van der Waals surface area contributed by atoms with Crippen molar-refractivity contribution in [2.45, 2.75) is 6.54 Å². The Morgan fingerprint density at radius 2 is 1.81 bits per heavy atom. The summed E-state index contributed by atoms with van der Waals surface area (Å²) in [4.78, 5) is 16.6. The number of rotatable bonds is 9. The van der Waals surface area contributed by atoms with Crippen LogP contribution in [0.3, 0.4) is 0 Å². The number of amides is 1. The van der Waals surface area contributed by atoms with Crippen molar-refractivity contribution in [2.75, 3.05) is 34.5 Å². The van der Waals surface area contributed by atoms with E-state index in [0.717, 1.165) is 5.56 Å². The summed E-state index contributed by atoms with van der Waals surface area (Å²) in [5.41, 5.74) is 1.29. The molecule has 1 amide bonds. The Labute approximate surface area is 160 Å². The van der Waals surface area contributed by atoms with Gasteiger partial charge in [-0.1, -0.05) is 6.07 Å². The highest BCUT2D eigenvalue weighted by Gasteiger charge is 2.14. The fraction of sp³-hybridized carbons (Fsp3) is 0.333. The highest BCUT2D eigenvalue weighted by molar-refractivity contribution is 9.10. The molecule has 1 aromatic heterocycles. The highest BCUT2D eigenvalue weighted by Crippen LogP contribution is 2.35. The predicted octanol–water partition coefficient (Wildman–Crippen LogP) is 2.82. The molecule has 140 valence electrons. The van der Waals surface area contributed by atoms with Gasteiger partial charge in [0.05, 0.1) is 20.8 Å². The van der Waals surface area contributed by atoms with Crippen LogP contribution < -0.4 is 19.5 Å². The van der Waals surface area contributed by atoms with E-state index in [-0.39, 0.29) is 5.91 Å². The third-order valence-electron chi connectivity index (χ3n) is 3.50. The van der Waals surface area contributed by atoms with Crippen molar-refractivity contribution in [3.05, 3.63) is 46.1 Å². The number of aromatic nitrogens is 1. The smallest absolute Gasteiger partial charge is 0.251 e. The maximum absolute atomic E-state index is 12.4. The molecule has 0 bridgehead atoms. The Balaban J connectivity index is 1.98. The number of halogens is 1. The summed E-state index contributed by atoms with van der Waals surface area (Å²) in [6.45, 7) is 1.28. The van der Waals surface area contributed by atoms with Gasteiger partial charge in [-0.05, 0) is 33.6 Å². The first-order valence-corrected chi connectivity index (χ1v) is 8.64. The van der Waals surface area contributed by atoms with E-state index in [1.54, 1.807) is 31.5 Å². The van der Waals surface area contributed by atoms with Crippen LogP contribution in [-0.4, -0.2) is 45.4 Å². The molecule has 0 aliphatic rings. The van der Waals surface area contributed by atoms with E-state index in [9.17, 15) is 4.79 Å². The molecule has 0 spiro atoms. The fourth-order valence-electron chi connectivity index (χ4n) is 2.12. The van der Waals surface area contributed by atoms with E-state index in [2.05, 4.69) is 26.2 Å². The van der Waals surface area contributed by atoms with Crippen LogP contribution in [0.15, 0.2) is 34.9 Å². The molecule has 2 rings (SSSR count). The average molecular weight is 425 g/mol. The number of hydrogen-bond donors (Lipinski definition) is 1. The quantitative estimate of drug-likeness (QED) is 0.623. The monoisotopic (exact) mass is 424 g/mol. The number of methoxy groups -OCH3 is 3. The molecule has 1 heterocycles. The SMILES string of the molecule is COCCOc1ccc(CNC(=O)c2cc(OC)c(Br)c(OC)c2)cn1. The number of pyridine rings is 1. The first-order valence-electron chi connectivity index (χ1n) is 7.85. The van der Waals surface area contributed by atoms with Crippen molar-refractivity contribution in [1.29, 1.82) is 0 Å². The van der Waals surface area contributed by atoms with Gasteiger partial charge < -0.3 is 24.3 Å². The molecule has 0 atom stereocenters. The summed E-state index contributed by atoms with van der Waals surface area (Å²) < 4.78 is 21.5. The Hall–Kier alpha value is -2.32. The van der Waals surface area contributed by atoms with Crippen LogP contribution in [0.4, 0.5) is 0 Å². The van der Waals surface area contributed by atoms with E-state index in [1.807, 2.05) is 6.07 Å². The Bertz CT molecular complexity index is 712. The summed E-state index contributed by atoms with van der Waals surface area (Å²) in [5, 5.41) is 2.84. The summed E-state index contributed by atoms with van der Waals surface area (Å²) >= 11 is 3.38. The summed E-state index contributed by atoms with van der Waals surface area (Å²) in [6.07, 6.45) is 1.66. The van der Waals surface area contributed by atoms with Crippen LogP contribution in [0, 0.1) is 0 Å². The highest BCUT2D eigenvalue weighted by atomic mass is 79.9. The van der Waals surface area contributed by atoms with Gasteiger partial charge in [0, 0.05) is 31.5 Å². The van der Waals surface area contributed by atoms with Gasteiger partial charge in [-0.25, -0.2) is 4.98 Å². The largest absolute Gasteiger partial charge is 0.495 e. The predicted molar refractivity (Wildman–Crippen MR) is 100 cm³/mol. The minimum atomic E-state index is -0.241. The van der Waals surface area contributed by atoms with Crippen LogP contribution >= 0.6 is 15.9 Å². The van der Waals surface area contributed by atoms with E-state index >= 15 is 0 Å². The molecule has 0 saturated carbocycles. The fourth-order valence-corrected chi connectivity index (χ4v) is 2.67. The molecule has 1 aromatic carbocycles. The minimum Gasteiger partial charge on any atom is -0.495 e. The summed E-state index contributed by atoms with van der Waals surface area (Å²) in [6, 6.07) is 6.89. The molecule has 0 aliphatic heterocycles. The third kappa shape index (κ3) is 5.34. The average Bonchev–Trinajstić information content (AvgIpc) is 2.67. The molecule has 2 aromatic rings. The normalized spacial score (nSPS) is 10.3. The van der Waals surface area contributed by atoms with Gasteiger partial charge in [-0.15, -0.1) is 0 Å². The zero-order valence-corrected chi connectivity index (χ0v) is 16.5. The molecule has 0 unspecified atom stereocenters. The minimum absolute atomic E-state index is 0.241. The molecule has 1 N–H and O–H groups in total. The first-order chi connectivity index (χ1) is 12.6. The summed E-state index contributed by atoms with van der Waals surface area (Å²) in [7, 11) is 4.67. The number of carbonyl (C=O) groups excluding carboxylic acids is 1. The molecular formula is C18H21BrN2O5. The maximum atomic E-state index is 12.4. The third-order valence-corrected chi connectivity index (χ3v) is 4.28. The van der Waals surface area contributed by atoms with E-state index < -0.39 is 0 Å². The molecule has 0 radical (unpaired) electrons. The second-order valence-electron chi connectivity index (χ2n) is 5.22. The van der Waals surface area contributed by atoms with Crippen LogP contribution in [0.2, 0.25) is 0 Å². The second-order valence-corrected chi connectivity index (χ2v) is 6.02. The number of ether oxygens (including phenoxy) is 4. The van der Waals surface area contributed by atoms with Crippen molar-refractivity contribution in [3.8, 4) is 17.4 Å². The molecule has 26 heavy (non-hydrogen) atoms. The van der Waals surface area contributed by atoms with Gasteiger partial charge in [0.15, 0.2) is 0 Å². The number of carbonyl (C=O) groups is 1. The number of nitrogens with one attached hydrogen (secondary N) is 1. The number of hydrogen-bond acceptors (Lipinski definition) is 6. The Morgan fingerprint density at radius 3 is 2.35 bits per heavy atom. The van der Waals surface area contributed by atoms with Crippen molar-refractivity contribution < 1.29 is 23.7 Å². The van der Waals surface area contributed by atoms with Crippen LogP contribution in [-0.2, 0) is 11.3 Å². The van der Waals surface area contributed by atoms with Gasteiger partial charge in [0.25, 0.3) is 5.91 Å². The van der Waals surface area contributed by atoms with Crippen molar-refractivity contribution >= 4 is 21.8 Å². The van der Waals surface area contributed by atoms with Gasteiger partial charge in [0.1, 0.15) is 22.6 Å². The van der Waals surface area contributed by atoms with Crippen LogP contribution in [0.1, 0.15) is 15.9 Å². The molecule has 0 fully saturated rings. The molecular weight excluding hydrogens is 404 g/mol. The Kier molecular flexibility index (Phi) is 7.68. The maximum Gasteiger partial charge on any atom is 0.251 e. The molecule has 0 aliphatic carbocycles. The first kappa shape index (κ1) is 20.0. The van der Waals surface area contributed by atoms with E-state index in [0.29, 0.717) is 47.2 Å². The van der Waals surface area contributed by atoms with E-state index in [1.165, 1.54) is 14.2 Å². The van der Waals surface area contributed by atoms with Gasteiger partial charge in [-0.3, -0.25) is 4.79 Å². The topological polar surface area (TPSA) is 78.9 Å². The lowest BCUT2D eigenvalue weighted by Crippen LogP contribution is -2.23. The zero-order valence-electron chi connectivity index (χ0n) is 14.9. The lowest BCUT2D eigenvalue weighted by atomic mass is 10.1. The summed E-state index contributed by atoms with van der Waals surface area (Å²) in [5.74, 6) is 1.32. The van der Waals surface area contributed by atoms with Crippen molar-refractivity contribution in [1.82, 2.24) is 10.3 Å². The van der Waals surface area contributed by atoms with E-state index in [4.69, 9.17) is 18.9 Å². The number of nitrogens with zero attached hydrogens (tertiary/aromatic N) is 1. The standard InChI is InChI=1S/C18H21BrN2O5/c1-23-6-7-26-16-5-4-12(10-20-16)11-21-18(22)13-8-14(24-2)17(19)15(9-13)25-3/h4-5,8-10H,6-7,11H2,1-3H3,(H,21,22). The lowest BCUT2D eigenvalue weighted by Gasteiger charge is -2.12. The van der Waals surface area contributed by atoms with Gasteiger partial charge in [-0.2, -0.15) is 0 Å². The zero-order chi connectivity index (χ0) is 18.9. The Morgan fingerprint density at radius 1 is 1.12 bits per heavy atom. The molecule has 7 nitrogen and oxygen atoms in total. The second kappa shape index (κ2) is 9.98. The van der Waals surface area contributed by atoms with Crippen molar-refractivity contribution in [2.24, 2.45) is 0 Å². The number of benzene rings is 1. The van der Waals surface area contributed by atoms with Gasteiger partial charge >= 0.3 is 0 Å². The molecule has 8 heteroatoms. The van der Waals surface area contributed by atoms with Crippen LogP contribution in [0.5, 0.6) is 17.4 Å². The van der Waals surface area contributed by atoms with Gasteiger partial charge in [0.2, 0.25) is 5.88 Å².